The van der Waals surface area contributed by atoms with Gasteiger partial charge < -0.3 is 39.6 Å². The van der Waals surface area contributed by atoms with E-state index in [2.05, 4.69) is 10.6 Å². The van der Waals surface area contributed by atoms with Crippen LogP contribution in [0.2, 0.25) is 0 Å². The van der Waals surface area contributed by atoms with Gasteiger partial charge >= 0.3 is 11.9 Å². The number of para-hydroxylation sites is 2. The molecule has 288 valence electrons. The van der Waals surface area contributed by atoms with Crippen molar-refractivity contribution >= 4 is 23.5 Å². The normalized spacial score (nSPS) is 14.8. The van der Waals surface area contributed by atoms with E-state index in [0.717, 1.165) is 0 Å². The summed E-state index contributed by atoms with van der Waals surface area (Å²) in [5.41, 5.74) is 0.346. The fourth-order valence-electron chi connectivity index (χ4n) is 6.17. The van der Waals surface area contributed by atoms with Crippen molar-refractivity contribution in [2.24, 2.45) is 0 Å². The zero-order valence-electron chi connectivity index (χ0n) is 31.4. The second kappa shape index (κ2) is 18.9. The van der Waals surface area contributed by atoms with E-state index in [4.69, 9.17) is 18.9 Å². The molecule has 0 radical (unpaired) electrons. The van der Waals surface area contributed by atoms with Gasteiger partial charge in [-0.2, -0.15) is 0 Å². The molecule has 1 aliphatic rings. The number of benzene rings is 3. The Balaban J connectivity index is 1.72. The molecule has 4 rings (SSSR count). The van der Waals surface area contributed by atoms with Crippen LogP contribution in [-0.2, 0) is 19.1 Å². The summed E-state index contributed by atoms with van der Waals surface area (Å²) in [6, 6.07) is 21.4. The van der Waals surface area contributed by atoms with Crippen LogP contribution < -0.4 is 20.1 Å². The lowest BCUT2D eigenvalue weighted by Gasteiger charge is -2.37. The van der Waals surface area contributed by atoms with Gasteiger partial charge in [-0.1, -0.05) is 42.5 Å². The maximum absolute atomic E-state index is 14.3. The molecule has 54 heavy (non-hydrogen) atoms. The molecule has 3 aromatic rings. The first-order valence-electron chi connectivity index (χ1n) is 17.6. The molecule has 1 aliphatic heterocycles. The molecule has 3 aromatic carbocycles. The van der Waals surface area contributed by atoms with Crippen LogP contribution >= 0.6 is 0 Å². The van der Waals surface area contributed by atoms with E-state index in [1.807, 2.05) is 19.9 Å². The number of non-ortho nitro benzene ring substituents is 1. The molecule has 14 heteroatoms. The number of methoxy groups -OCH3 is 1. The Bertz CT molecular complexity index is 1870. The minimum Gasteiger partial charge on any atom is -0.493 e. The fraction of sp³-hybridized carbons (Fsp3) is 0.375. The molecule has 0 aromatic heterocycles. The number of allylic oxidation sites excluding steroid dienone is 1. The molecular weight excluding hydrogens is 696 g/mol. The average Bonchev–Trinajstić information content (AvgIpc) is 3.16. The summed E-state index contributed by atoms with van der Waals surface area (Å²) in [7, 11) is 1.53. The molecule has 0 aliphatic carbocycles. The second-order valence-electron chi connectivity index (χ2n) is 13.2. The minimum atomic E-state index is -1.13. The molecule has 14 nitrogen and oxygen atoms in total. The number of rotatable bonds is 18. The Hall–Kier alpha value is -5.73. The molecule has 0 saturated carbocycles. The average molecular weight is 745 g/mol. The lowest BCUT2D eigenvalue weighted by molar-refractivity contribution is -0.384. The van der Waals surface area contributed by atoms with Gasteiger partial charge in [0.05, 0.1) is 48.9 Å². The van der Waals surface area contributed by atoms with Crippen molar-refractivity contribution in [3.63, 3.8) is 0 Å². The molecule has 0 spiro atoms. The Morgan fingerprint density at radius 1 is 0.944 bits per heavy atom. The molecule has 1 heterocycles. The van der Waals surface area contributed by atoms with Gasteiger partial charge in [-0.3, -0.25) is 14.9 Å². The van der Waals surface area contributed by atoms with Gasteiger partial charge in [-0.05, 0) is 64.4 Å². The van der Waals surface area contributed by atoms with E-state index >= 15 is 0 Å². The van der Waals surface area contributed by atoms with E-state index in [9.17, 15) is 29.6 Å². The maximum atomic E-state index is 14.3. The summed E-state index contributed by atoms with van der Waals surface area (Å²) in [4.78, 5) is 54.5. The molecular formula is C40H48N4O10. The molecule has 1 amide bonds. The number of nitro benzene ring substituents is 1. The maximum Gasteiger partial charge on any atom is 0.336 e. The lowest BCUT2D eigenvalue weighted by Crippen LogP contribution is -2.54. The predicted octanol–water partition coefficient (Wildman–Crippen LogP) is 4.90. The van der Waals surface area contributed by atoms with Crippen molar-refractivity contribution in [1.82, 2.24) is 15.5 Å². The van der Waals surface area contributed by atoms with Crippen LogP contribution in [0.4, 0.5) is 5.69 Å². The second-order valence-corrected chi connectivity index (χ2v) is 13.2. The van der Waals surface area contributed by atoms with E-state index in [-0.39, 0.29) is 67.9 Å². The third-order valence-corrected chi connectivity index (χ3v) is 8.61. The largest absolute Gasteiger partial charge is 0.493 e. The number of esters is 2. The number of carbonyl (C=O) groups excluding carboxylic acids is 3. The number of aliphatic hydroxyl groups is 1. The third kappa shape index (κ3) is 10.4. The number of amides is 1. The molecule has 2 unspecified atom stereocenters. The number of hydrogen-bond acceptors (Lipinski definition) is 12. The van der Waals surface area contributed by atoms with Crippen LogP contribution in [0, 0.1) is 10.1 Å². The number of hydrogen-bond donors (Lipinski definition) is 3. The number of nitrogens with zero attached hydrogens (tertiary/aromatic N) is 2. The number of nitrogens with one attached hydrogen (secondary N) is 2. The summed E-state index contributed by atoms with van der Waals surface area (Å²) >= 11 is 0. The van der Waals surface area contributed by atoms with Crippen LogP contribution in [0.25, 0.3) is 0 Å². The van der Waals surface area contributed by atoms with Crippen LogP contribution in [-0.4, -0.2) is 91.0 Å². The monoisotopic (exact) mass is 744 g/mol. The number of aliphatic hydroxyl groups excluding tert-OH is 1. The van der Waals surface area contributed by atoms with Crippen molar-refractivity contribution in [2.75, 3.05) is 46.6 Å². The molecule has 2 atom stereocenters. The summed E-state index contributed by atoms with van der Waals surface area (Å²) < 4.78 is 22.0. The topological polar surface area (TPSA) is 179 Å². The van der Waals surface area contributed by atoms with Crippen molar-refractivity contribution in [1.29, 1.82) is 0 Å². The highest BCUT2D eigenvalue weighted by atomic mass is 16.6. The number of nitro groups is 1. The summed E-state index contributed by atoms with van der Waals surface area (Å²) in [6.45, 7) is 8.76. The van der Waals surface area contributed by atoms with E-state index in [0.29, 0.717) is 28.3 Å². The Labute approximate surface area is 314 Å². The van der Waals surface area contributed by atoms with Crippen LogP contribution in [0.5, 0.6) is 11.5 Å². The van der Waals surface area contributed by atoms with Gasteiger partial charge in [0.15, 0.2) is 11.5 Å². The van der Waals surface area contributed by atoms with Crippen molar-refractivity contribution in [3.8, 4) is 11.5 Å². The van der Waals surface area contributed by atoms with Crippen molar-refractivity contribution < 1.29 is 43.4 Å². The smallest absolute Gasteiger partial charge is 0.336 e. The Morgan fingerprint density at radius 3 is 2.20 bits per heavy atom. The SMILES string of the molecule is CCOC(=O)C1=C(C)NC(CN(CC(C)(C)NCC(O)COc2ccccc2OC)C(=O)c2ccccc2)=C(C(=O)OCC)C1c1cccc([N+](=O)[O-])c1. The minimum absolute atomic E-state index is 0.00140. The highest BCUT2D eigenvalue weighted by Crippen LogP contribution is 2.40. The zero-order valence-corrected chi connectivity index (χ0v) is 31.4. The standard InChI is InChI=1S/C40H48N4O10/c1-7-52-38(47)34-26(3)42-31(36(39(48)53-8-2)35(34)28-17-14-18-29(21-28)44(49)50)23-43(37(46)27-15-10-9-11-16-27)25-40(4,5)41-22-30(45)24-54-33-20-13-12-19-32(33)51-6/h9-21,30,35,41-42,45H,7-8,22-25H2,1-6H3. The van der Waals surface area contributed by atoms with Crippen LogP contribution in [0.3, 0.4) is 0 Å². The number of ether oxygens (including phenoxy) is 4. The molecule has 0 fully saturated rings. The van der Waals surface area contributed by atoms with Gasteiger partial charge in [-0.25, -0.2) is 9.59 Å². The number of dihydropyridines is 1. The van der Waals surface area contributed by atoms with Crippen LogP contribution in [0.1, 0.15) is 56.5 Å². The van der Waals surface area contributed by atoms with E-state index < -0.39 is 34.4 Å². The zero-order chi connectivity index (χ0) is 39.4. The van der Waals surface area contributed by atoms with Crippen molar-refractivity contribution in [2.45, 2.75) is 52.2 Å². The third-order valence-electron chi connectivity index (χ3n) is 8.61. The highest BCUT2D eigenvalue weighted by Gasteiger charge is 2.40. The summed E-state index contributed by atoms with van der Waals surface area (Å²) in [5.74, 6) is -1.94. The Kier molecular flexibility index (Phi) is 14.3. The summed E-state index contributed by atoms with van der Waals surface area (Å²) in [5, 5.41) is 29.2. The van der Waals surface area contributed by atoms with E-state index in [1.165, 1.54) is 25.3 Å². The molecule has 0 saturated heterocycles. The van der Waals surface area contributed by atoms with Gasteiger partial charge in [0, 0.05) is 47.7 Å². The van der Waals surface area contributed by atoms with Crippen molar-refractivity contribution in [3.05, 3.63) is 123 Å². The highest BCUT2D eigenvalue weighted by molar-refractivity contribution is 6.00. The van der Waals surface area contributed by atoms with Crippen LogP contribution in [0.15, 0.2) is 101 Å². The quantitative estimate of drug-likeness (QED) is 0.0914. The first kappa shape index (κ1) is 41.0. The number of β-amino-alcohol motifs (C(OH)–C–C–N with tert-alkyl or cyclic N) is 1. The molecule has 3 N–H and O–H groups in total. The first-order chi connectivity index (χ1) is 25.8. The van der Waals surface area contributed by atoms with Gasteiger partial charge in [0.25, 0.3) is 11.6 Å². The van der Waals surface area contributed by atoms with Gasteiger partial charge in [0.2, 0.25) is 0 Å². The fourth-order valence-corrected chi connectivity index (χ4v) is 6.17. The predicted molar refractivity (Wildman–Crippen MR) is 201 cm³/mol. The van der Waals surface area contributed by atoms with Gasteiger partial charge in [0.1, 0.15) is 12.7 Å². The van der Waals surface area contributed by atoms with E-state index in [1.54, 1.807) is 80.3 Å². The number of carbonyl (C=O) groups is 3. The molecule has 0 bridgehead atoms. The summed E-state index contributed by atoms with van der Waals surface area (Å²) in [6.07, 6.45) is -0.921. The lowest BCUT2D eigenvalue weighted by atomic mass is 9.80. The van der Waals surface area contributed by atoms with Gasteiger partial charge in [-0.15, -0.1) is 0 Å². The Morgan fingerprint density at radius 2 is 1.57 bits per heavy atom. The first-order valence-corrected chi connectivity index (χ1v) is 17.6.